The van der Waals surface area contributed by atoms with Gasteiger partial charge in [0.2, 0.25) is 0 Å². The molecule has 0 radical (unpaired) electrons. The maximum atomic E-state index is 6.29. The van der Waals surface area contributed by atoms with Crippen molar-refractivity contribution in [3.05, 3.63) is 88.8 Å². The quantitative estimate of drug-likeness (QED) is 0.366. The first-order valence-electron chi connectivity index (χ1n) is 9.85. The summed E-state index contributed by atoms with van der Waals surface area (Å²) in [5.41, 5.74) is 3.04. The van der Waals surface area contributed by atoms with Gasteiger partial charge in [0, 0.05) is 12.1 Å². The number of rotatable bonds is 5. The molecule has 0 unspecified atom stereocenters. The fourth-order valence-electron chi connectivity index (χ4n) is 3.81. The molecule has 0 amide bonds. The van der Waals surface area contributed by atoms with Gasteiger partial charge in [-0.2, -0.15) is 9.50 Å². The molecule has 0 aliphatic rings. The molecule has 0 fully saturated rings. The van der Waals surface area contributed by atoms with E-state index in [1.165, 1.54) is 16.3 Å². The lowest BCUT2D eigenvalue weighted by Crippen LogP contribution is -2.17. The van der Waals surface area contributed by atoms with E-state index in [2.05, 4.69) is 64.5 Å². The molecule has 30 heavy (non-hydrogen) atoms. The molecule has 2 aromatic heterocycles. The summed E-state index contributed by atoms with van der Waals surface area (Å²) in [6.07, 6.45) is 0. The molecule has 0 aliphatic heterocycles. The van der Waals surface area contributed by atoms with E-state index in [1.54, 1.807) is 4.52 Å². The number of oxazole rings is 1. The number of hydrogen-bond acceptors (Lipinski definition) is 4. The lowest BCUT2D eigenvalue weighted by Gasteiger charge is -2.17. The van der Waals surface area contributed by atoms with Crippen LogP contribution in [0.15, 0.2) is 71.1 Å². The lowest BCUT2D eigenvalue weighted by atomic mass is 10.0. The van der Waals surface area contributed by atoms with Crippen LogP contribution in [0.2, 0.25) is 5.02 Å². The fraction of sp³-hybridized carbons (Fsp3) is 0.167. The molecule has 5 rings (SSSR count). The normalized spacial score (nSPS) is 11.7. The minimum Gasteiger partial charge on any atom is -0.425 e. The van der Waals surface area contributed by atoms with E-state index >= 15 is 0 Å². The number of fused-ring (bicyclic) bond motifs is 2. The summed E-state index contributed by atoms with van der Waals surface area (Å²) in [6.45, 7) is 3.49. The monoisotopic (exact) mass is 416 g/mol. The molecule has 0 aliphatic carbocycles. The van der Waals surface area contributed by atoms with Gasteiger partial charge in [0.25, 0.3) is 0 Å². The van der Waals surface area contributed by atoms with Crippen molar-refractivity contribution in [3.8, 4) is 11.4 Å². The van der Waals surface area contributed by atoms with Gasteiger partial charge in [-0.3, -0.25) is 4.90 Å². The van der Waals surface area contributed by atoms with Crippen molar-refractivity contribution in [1.82, 2.24) is 19.5 Å². The Morgan fingerprint density at radius 3 is 2.57 bits per heavy atom. The van der Waals surface area contributed by atoms with E-state index < -0.39 is 0 Å². The predicted molar refractivity (Wildman–Crippen MR) is 120 cm³/mol. The van der Waals surface area contributed by atoms with Gasteiger partial charge in [0.1, 0.15) is 5.76 Å². The number of aromatic nitrogens is 3. The Labute approximate surface area is 179 Å². The molecule has 0 atom stereocenters. The van der Waals surface area contributed by atoms with Crippen LogP contribution >= 0.6 is 11.6 Å². The van der Waals surface area contributed by atoms with Gasteiger partial charge in [-0.15, -0.1) is 5.10 Å². The molecule has 5 aromatic rings. The van der Waals surface area contributed by atoms with Crippen molar-refractivity contribution < 1.29 is 4.42 Å². The molecule has 3 aromatic carbocycles. The molecule has 0 spiro atoms. The number of aryl methyl sites for hydroxylation is 1. The van der Waals surface area contributed by atoms with E-state index in [4.69, 9.17) is 16.0 Å². The van der Waals surface area contributed by atoms with Gasteiger partial charge < -0.3 is 4.42 Å². The summed E-state index contributed by atoms with van der Waals surface area (Å²) < 4.78 is 7.79. The molecule has 0 bridgehead atoms. The minimum absolute atomic E-state index is 0.482. The van der Waals surface area contributed by atoms with Crippen LogP contribution in [-0.4, -0.2) is 26.5 Å². The summed E-state index contributed by atoms with van der Waals surface area (Å²) in [4.78, 5) is 6.78. The van der Waals surface area contributed by atoms with E-state index in [0.717, 1.165) is 23.6 Å². The highest BCUT2D eigenvalue weighted by Gasteiger charge is 2.18. The van der Waals surface area contributed by atoms with E-state index in [-0.39, 0.29) is 0 Å². The zero-order chi connectivity index (χ0) is 20.7. The van der Waals surface area contributed by atoms with Crippen molar-refractivity contribution in [2.75, 3.05) is 7.05 Å². The van der Waals surface area contributed by atoms with Gasteiger partial charge in [0.15, 0.2) is 5.82 Å². The predicted octanol–water partition coefficient (Wildman–Crippen LogP) is 5.74. The van der Waals surface area contributed by atoms with E-state index in [0.29, 0.717) is 23.2 Å². The summed E-state index contributed by atoms with van der Waals surface area (Å²) >= 11 is 6.29. The fourth-order valence-corrected chi connectivity index (χ4v) is 4.03. The van der Waals surface area contributed by atoms with Crippen LogP contribution in [0.1, 0.15) is 17.0 Å². The third-order valence-corrected chi connectivity index (χ3v) is 5.69. The maximum Gasteiger partial charge on any atom is 0.325 e. The van der Waals surface area contributed by atoms with Crippen LogP contribution in [0.4, 0.5) is 0 Å². The Hall–Kier alpha value is -3.15. The number of halogens is 1. The van der Waals surface area contributed by atoms with Crippen LogP contribution in [0.3, 0.4) is 0 Å². The zero-order valence-electron chi connectivity index (χ0n) is 16.8. The summed E-state index contributed by atoms with van der Waals surface area (Å²) in [5.74, 6) is 1.91. The third kappa shape index (κ3) is 3.36. The molecular weight excluding hydrogens is 396 g/mol. The Bertz CT molecular complexity index is 1350. The van der Waals surface area contributed by atoms with Crippen LogP contribution in [0, 0.1) is 6.92 Å². The van der Waals surface area contributed by atoms with E-state index in [9.17, 15) is 0 Å². The second-order valence-corrected chi connectivity index (χ2v) is 7.94. The minimum atomic E-state index is 0.482. The smallest absolute Gasteiger partial charge is 0.325 e. The van der Waals surface area contributed by atoms with Crippen LogP contribution in [-0.2, 0) is 13.1 Å². The summed E-state index contributed by atoms with van der Waals surface area (Å²) in [6, 6.07) is 22.5. The highest BCUT2D eigenvalue weighted by atomic mass is 35.5. The lowest BCUT2D eigenvalue weighted by molar-refractivity contribution is 0.291. The SMILES string of the molecule is Cc1c(CN(C)Cc2cccc3ccccc23)oc2nc(-c3ccccc3Cl)nn12. The molecule has 2 heterocycles. The zero-order valence-corrected chi connectivity index (χ0v) is 17.6. The van der Waals surface area contributed by atoms with Gasteiger partial charge in [-0.05, 0) is 42.4 Å². The highest BCUT2D eigenvalue weighted by Crippen LogP contribution is 2.27. The molecule has 0 N–H and O–H groups in total. The number of hydrogen-bond donors (Lipinski definition) is 0. The highest BCUT2D eigenvalue weighted by molar-refractivity contribution is 6.33. The van der Waals surface area contributed by atoms with Gasteiger partial charge in [0.05, 0.1) is 17.3 Å². The Kier molecular flexibility index (Phi) is 4.77. The Morgan fingerprint density at radius 1 is 0.967 bits per heavy atom. The van der Waals surface area contributed by atoms with Gasteiger partial charge in [-0.1, -0.05) is 66.2 Å². The van der Waals surface area contributed by atoms with Crippen molar-refractivity contribution >= 4 is 28.2 Å². The maximum absolute atomic E-state index is 6.29. The molecule has 150 valence electrons. The first kappa shape index (κ1) is 18.9. The van der Waals surface area contributed by atoms with Crippen molar-refractivity contribution in [2.24, 2.45) is 0 Å². The third-order valence-electron chi connectivity index (χ3n) is 5.36. The van der Waals surface area contributed by atoms with Gasteiger partial charge >= 0.3 is 5.84 Å². The average Bonchev–Trinajstić information content (AvgIpc) is 3.28. The second-order valence-electron chi connectivity index (χ2n) is 7.53. The average molecular weight is 417 g/mol. The van der Waals surface area contributed by atoms with Crippen molar-refractivity contribution in [1.29, 1.82) is 0 Å². The van der Waals surface area contributed by atoms with E-state index in [1.807, 2.05) is 31.2 Å². The first-order valence-corrected chi connectivity index (χ1v) is 10.2. The van der Waals surface area contributed by atoms with Crippen LogP contribution in [0.25, 0.3) is 28.0 Å². The van der Waals surface area contributed by atoms with Crippen LogP contribution in [0.5, 0.6) is 0 Å². The standard InChI is InChI=1S/C24H21ClN4O/c1-16-22(15-28(2)14-18-10-7-9-17-8-3-4-11-19(17)18)30-24-26-23(27-29(16)24)20-12-5-6-13-21(20)25/h3-13H,14-15H2,1-2H3. The molecule has 5 nitrogen and oxygen atoms in total. The molecule has 0 saturated carbocycles. The molecule has 0 saturated heterocycles. The largest absolute Gasteiger partial charge is 0.425 e. The topological polar surface area (TPSA) is 46.6 Å². The summed E-state index contributed by atoms with van der Waals surface area (Å²) in [7, 11) is 2.09. The molecule has 6 heteroatoms. The van der Waals surface area contributed by atoms with Gasteiger partial charge in [-0.25, -0.2) is 0 Å². The Balaban J connectivity index is 1.39. The van der Waals surface area contributed by atoms with Crippen molar-refractivity contribution in [3.63, 3.8) is 0 Å². The number of benzene rings is 3. The summed E-state index contributed by atoms with van der Waals surface area (Å²) in [5, 5.41) is 7.77. The van der Waals surface area contributed by atoms with Crippen molar-refractivity contribution in [2.45, 2.75) is 20.0 Å². The van der Waals surface area contributed by atoms with Crippen LogP contribution < -0.4 is 0 Å². The second kappa shape index (κ2) is 7.59. The Morgan fingerprint density at radius 2 is 1.73 bits per heavy atom. The molecular formula is C24H21ClN4O. The first-order chi connectivity index (χ1) is 14.6. The number of nitrogens with zero attached hydrogens (tertiary/aromatic N) is 4.